The first-order valence-electron chi connectivity index (χ1n) is 11.9. The Morgan fingerprint density at radius 1 is 0.889 bits per heavy atom. The van der Waals surface area contributed by atoms with E-state index >= 15 is 0 Å². The largest absolute Gasteiger partial charge is 0.382 e. The zero-order valence-electron chi connectivity index (χ0n) is 20.5. The first-order chi connectivity index (χ1) is 17.3. The van der Waals surface area contributed by atoms with Gasteiger partial charge in [-0.3, -0.25) is 20.4 Å². The van der Waals surface area contributed by atoms with Gasteiger partial charge in [0.2, 0.25) is 0 Å². The number of hydrogen-bond donors (Lipinski definition) is 4. The number of benzene rings is 3. The standard InChI is InChI=1S/C28H33N3O3S2/c1-19(2)35-17-16-25(29)26(32)28(34)31-30-27(33)23-12-14-24(15-13-23)36-18-20-8-10-22(11-9-20)21-6-4-3-5-7-21/h3-15,19,25-26,32H,16-18,29H2,1-2H3,(H,30,33)(H,31,34)/t25-,26?/m1/s1. The predicted molar refractivity (Wildman–Crippen MR) is 150 cm³/mol. The molecule has 0 bridgehead atoms. The number of amides is 2. The summed E-state index contributed by atoms with van der Waals surface area (Å²) in [6.07, 6.45) is -0.889. The molecule has 3 aromatic rings. The topological polar surface area (TPSA) is 104 Å². The van der Waals surface area contributed by atoms with Gasteiger partial charge in [-0.15, -0.1) is 11.8 Å². The molecule has 2 atom stereocenters. The molecule has 5 N–H and O–H groups in total. The van der Waals surface area contributed by atoms with E-state index in [1.165, 1.54) is 16.7 Å². The quantitative estimate of drug-likeness (QED) is 0.216. The van der Waals surface area contributed by atoms with Crippen LogP contribution in [0, 0.1) is 0 Å². The molecule has 0 saturated heterocycles. The second kappa shape index (κ2) is 14.1. The fourth-order valence-electron chi connectivity index (χ4n) is 3.35. The van der Waals surface area contributed by atoms with Gasteiger partial charge in [0, 0.05) is 22.3 Å². The van der Waals surface area contributed by atoms with E-state index in [4.69, 9.17) is 5.73 Å². The first-order valence-corrected chi connectivity index (χ1v) is 13.9. The zero-order chi connectivity index (χ0) is 25.9. The van der Waals surface area contributed by atoms with Crippen LogP contribution in [0.5, 0.6) is 0 Å². The van der Waals surface area contributed by atoms with Crippen LogP contribution in [0.4, 0.5) is 0 Å². The third-order valence-corrected chi connectivity index (χ3v) is 7.68. The molecule has 6 nitrogen and oxygen atoms in total. The number of rotatable bonds is 11. The lowest BCUT2D eigenvalue weighted by Gasteiger charge is -2.18. The Labute approximate surface area is 221 Å². The average Bonchev–Trinajstić information content (AvgIpc) is 2.90. The molecule has 0 aliphatic carbocycles. The Morgan fingerprint density at radius 3 is 2.17 bits per heavy atom. The van der Waals surface area contributed by atoms with Crippen LogP contribution in [0.3, 0.4) is 0 Å². The summed E-state index contributed by atoms with van der Waals surface area (Å²) in [6, 6.07) is 25.2. The van der Waals surface area contributed by atoms with E-state index in [0.29, 0.717) is 17.2 Å². The number of hydrogen-bond acceptors (Lipinski definition) is 6. The van der Waals surface area contributed by atoms with Gasteiger partial charge in [-0.1, -0.05) is 68.4 Å². The van der Waals surface area contributed by atoms with Crippen molar-refractivity contribution in [1.82, 2.24) is 10.9 Å². The van der Waals surface area contributed by atoms with E-state index in [2.05, 4.69) is 61.1 Å². The molecule has 0 aromatic heterocycles. The fourth-order valence-corrected chi connectivity index (χ4v) is 5.08. The third kappa shape index (κ3) is 8.71. The van der Waals surface area contributed by atoms with Crippen LogP contribution in [0.15, 0.2) is 83.8 Å². The van der Waals surface area contributed by atoms with Gasteiger partial charge in [-0.2, -0.15) is 11.8 Å². The fraction of sp³-hybridized carbons (Fsp3) is 0.286. The van der Waals surface area contributed by atoms with Gasteiger partial charge in [0.05, 0.1) is 0 Å². The molecular formula is C28H33N3O3S2. The Balaban J connectivity index is 1.43. The molecule has 0 fully saturated rings. The minimum absolute atomic E-state index is 0.402. The van der Waals surface area contributed by atoms with E-state index in [0.717, 1.165) is 16.4 Å². The Bertz CT molecular complexity index is 1110. The molecule has 0 aliphatic heterocycles. The number of thioether (sulfide) groups is 2. The number of carbonyl (C=O) groups is 2. The number of hydrazine groups is 1. The maximum atomic E-state index is 12.4. The van der Waals surface area contributed by atoms with Crippen molar-refractivity contribution < 1.29 is 14.7 Å². The van der Waals surface area contributed by atoms with Gasteiger partial charge in [0.1, 0.15) is 6.10 Å². The van der Waals surface area contributed by atoms with E-state index in [9.17, 15) is 14.7 Å². The maximum absolute atomic E-state index is 12.4. The van der Waals surface area contributed by atoms with Crippen LogP contribution in [0.1, 0.15) is 36.2 Å². The minimum atomic E-state index is -1.39. The number of nitrogens with two attached hydrogens (primary N) is 1. The highest BCUT2D eigenvalue weighted by atomic mass is 32.2. The van der Waals surface area contributed by atoms with Crippen molar-refractivity contribution in [2.45, 2.75) is 48.3 Å². The molecule has 36 heavy (non-hydrogen) atoms. The van der Waals surface area contributed by atoms with Crippen LogP contribution < -0.4 is 16.6 Å². The molecule has 8 heteroatoms. The van der Waals surface area contributed by atoms with Crippen LogP contribution in [0.25, 0.3) is 11.1 Å². The molecule has 2 amide bonds. The van der Waals surface area contributed by atoms with Crippen molar-refractivity contribution in [3.05, 3.63) is 90.0 Å². The van der Waals surface area contributed by atoms with Crippen LogP contribution in [-0.2, 0) is 10.5 Å². The lowest BCUT2D eigenvalue weighted by atomic mass is 10.0. The summed E-state index contributed by atoms with van der Waals surface area (Å²) in [5.74, 6) is 0.368. The molecule has 0 heterocycles. The van der Waals surface area contributed by atoms with Gasteiger partial charge in [-0.25, -0.2) is 0 Å². The third-order valence-electron chi connectivity index (χ3n) is 5.46. The minimum Gasteiger partial charge on any atom is -0.382 e. The summed E-state index contributed by atoms with van der Waals surface area (Å²) in [4.78, 5) is 25.5. The normalized spacial score (nSPS) is 12.7. The summed E-state index contributed by atoms with van der Waals surface area (Å²) < 4.78 is 0. The predicted octanol–water partition coefficient (Wildman–Crippen LogP) is 4.63. The highest BCUT2D eigenvalue weighted by Gasteiger charge is 2.23. The van der Waals surface area contributed by atoms with Crippen molar-refractivity contribution >= 4 is 35.3 Å². The number of carbonyl (C=O) groups excluding carboxylic acids is 2. The van der Waals surface area contributed by atoms with Crippen LogP contribution in [0.2, 0.25) is 0 Å². The SMILES string of the molecule is CC(C)SCC[C@@H](N)C(O)C(=O)NNC(=O)c1ccc(SCc2ccc(-c3ccccc3)cc2)cc1. The summed E-state index contributed by atoms with van der Waals surface area (Å²) in [5, 5.41) is 10.6. The second-order valence-electron chi connectivity index (χ2n) is 8.64. The Kier molecular flexibility index (Phi) is 10.9. The van der Waals surface area contributed by atoms with E-state index < -0.39 is 24.0 Å². The van der Waals surface area contributed by atoms with Gasteiger partial charge < -0.3 is 10.8 Å². The highest BCUT2D eigenvalue weighted by molar-refractivity contribution is 7.99. The monoisotopic (exact) mass is 523 g/mol. The van der Waals surface area contributed by atoms with E-state index in [-0.39, 0.29) is 0 Å². The summed E-state index contributed by atoms with van der Waals surface area (Å²) in [5.41, 5.74) is 14.5. The van der Waals surface area contributed by atoms with E-state index in [1.807, 2.05) is 30.3 Å². The molecule has 0 saturated carbocycles. The van der Waals surface area contributed by atoms with Crippen molar-refractivity contribution in [3.63, 3.8) is 0 Å². The number of nitrogens with one attached hydrogen (secondary N) is 2. The summed E-state index contributed by atoms with van der Waals surface area (Å²) in [6.45, 7) is 4.15. The Hall–Kier alpha value is -2.78. The van der Waals surface area contributed by atoms with Crippen molar-refractivity contribution in [3.8, 4) is 11.1 Å². The van der Waals surface area contributed by atoms with Gasteiger partial charge in [0.15, 0.2) is 0 Å². The lowest BCUT2D eigenvalue weighted by molar-refractivity contribution is -0.131. The van der Waals surface area contributed by atoms with Crippen LogP contribution in [-0.4, -0.2) is 40.1 Å². The summed E-state index contributed by atoms with van der Waals surface area (Å²) >= 11 is 3.39. The maximum Gasteiger partial charge on any atom is 0.269 e. The van der Waals surface area contributed by atoms with Gasteiger partial charge >= 0.3 is 0 Å². The summed E-state index contributed by atoms with van der Waals surface area (Å²) in [7, 11) is 0. The Morgan fingerprint density at radius 2 is 1.53 bits per heavy atom. The second-order valence-corrected chi connectivity index (χ2v) is 11.4. The molecule has 0 aliphatic rings. The van der Waals surface area contributed by atoms with Crippen molar-refractivity contribution in [2.24, 2.45) is 5.73 Å². The molecule has 3 aromatic carbocycles. The van der Waals surface area contributed by atoms with Crippen LogP contribution >= 0.6 is 23.5 Å². The lowest BCUT2D eigenvalue weighted by Crippen LogP contribution is -2.52. The number of aliphatic hydroxyl groups excluding tert-OH is 1. The smallest absolute Gasteiger partial charge is 0.269 e. The molecule has 3 rings (SSSR count). The number of aliphatic hydroxyl groups is 1. The molecule has 0 radical (unpaired) electrons. The van der Waals surface area contributed by atoms with E-state index in [1.54, 1.807) is 35.7 Å². The highest BCUT2D eigenvalue weighted by Crippen LogP contribution is 2.25. The van der Waals surface area contributed by atoms with Gasteiger partial charge in [-0.05, 0) is 58.4 Å². The van der Waals surface area contributed by atoms with Gasteiger partial charge in [0.25, 0.3) is 11.8 Å². The average molecular weight is 524 g/mol. The van der Waals surface area contributed by atoms with Crippen molar-refractivity contribution in [2.75, 3.05) is 5.75 Å². The zero-order valence-corrected chi connectivity index (χ0v) is 22.1. The molecule has 0 spiro atoms. The molecule has 190 valence electrons. The van der Waals surface area contributed by atoms with Crippen molar-refractivity contribution in [1.29, 1.82) is 0 Å². The first kappa shape index (κ1) is 27.8. The molecular weight excluding hydrogens is 490 g/mol. The molecule has 1 unspecified atom stereocenters.